The zero-order chi connectivity index (χ0) is 18.8. The molecule has 0 saturated heterocycles. The van der Waals surface area contributed by atoms with Crippen molar-refractivity contribution in [1.29, 1.82) is 0 Å². The fourth-order valence-electron chi connectivity index (χ4n) is 2.79. The van der Waals surface area contributed by atoms with E-state index in [1.54, 1.807) is 11.3 Å². The molecule has 0 saturated carbocycles. The fraction of sp³-hybridized carbons (Fsp3) is 0.588. The van der Waals surface area contributed by atoms with E-state index in [4.69, 9.17) is 4.98 Å². The highest BCUT2D eigenvalue weighted by atomic mass is 32.2. The second kappa shape index (κ2) is 7.87. The third kappa shape index (κ3) is 3.68. The van der Waals surface area contributed by atoms with Crippen LogP contribution in [0.5, 0.6) is 0 Å². The Kier molecular flexibility index (Phi) is 5.76. The van der Waals surface area contributed by atoms with Gasteiger partial charge in [0, 0.05) is 18.0 Å². The topological polar surface area (TPSA) is 78.5 Å². The van der Waals surface area contributed by atoms with E-state index in [0.29, 0.717) is 18.2 Å². The second-order valence-electron chi connectivity index (χ2n) is 6.77. The minimum atomic E-state index is 0.0567. The van der Waals surface area contributed by atoms with Gasteiger partial charge in [-0.2, -0.15) is 0 Å². The van der Waals surface area contributed by atoms with E-state index >= 15 is 0 Å². The van der Waals surface area contributed by atoms with E-state index in [0.717, 1.165) is 44.6 Å². The third-order valence-electron chi connectivity index (χ3n) is 4.17. The summed E-state index contributed by atoms with van der Waals surface area (Å²) in [6.45, 7) is 11.8. The largest absolute Gasteiger partial charge is 0.287 e. The Hall–Kier alpha value is -1.74. The van der Waals surface area contributed by atoms with E-state index < -0.39 is 0 Å². The molecule has 140 valence electrons. The number of hydrogen-bond acceptors (Lipinski definition) is 7. The van der Waals surface area contributed by atoms with Crippen LogP contribution < -0.4 is 5.56 Å². The Balaban J connectivity index is 2.00. The van der Waals surface area contributed by atoms with Crippen LogP contribution in [0.2, 0.25) is 0 Å². The van der Waals surface area contributed by atoms with Crippen molar-refractivity contribution in [3.8, 4) is 0 Å². The van der Waals surface area contributed by atoms with Crippen molar-refractivity contribution >= 4 is 33.3 Å². The number of tetrazole rings is 1. The smallest absolute Gasteiger partial charge is 0.263 e. The van der Waals surface area contributed by atoms with Gasteiger partial charge in [0.2, 0.25) is 0 Å². The number of aryl methyl sites for hydroxylation is 3. The molecule has 0 fully saturated rings. The lowest BCUT2D eigenvalue weighted by molar-refractivity contribution is 0.475. The van der Waals surface area contributed by atoms with Gasteiger partial charge in [-0.15, -0.1) is 16.4 Å². The number of rotatable bonds is 7. The number of thiophene rings is 1. The lowest BCUT2D eigenvalue weighted by Crippen LogP contribution is -2.25. The summed E-state index contributed by atoms with van der Waals surface area (Å²) in [5, 5.41) is 13.4. The van der Waals surface area contributed by atoms with Crippen LogP contribution in [-0.2, 0) is 18.8 Å². The van der Waals surface area contributed by atoms with Crippen LogP contribution in [0.25, 0.3) is 10.2 Å². The number of nitrogens with zero attached hydrogens (tertiary/aromatic N) is 6. The van der Waals surface area contributed by atoms with E-state index in [9.17, 15) is 4.79 Å². The maximum absolute atomic E-state index is 13.1. The zero-order valence-electron chi connectivity index (χ0n) is 15.8. The molecule has 7 nitrogen and oxygen atoms in total. The Morgan fingerprint density at radius 2 is 2.04 bits per heavy atom. The van der Waals surface area contributed by atoms with E-state index in [1.807, 2.05) is 23.1 Å². The molecule has 0 radical (unpaired) electrons. The van der Waals surface area contributed by atoms with Crippen molar-refractivity contribution < 1.29 is 0 Å². The van der Waals surface area contributed by atoms with Crippen LogP contribution in [0, 0.1) is 19.8 Å². The Morgan fingerprint density at radius 3 is 2.73 bits per heavy atom. The summed E-state index contributed by atoms with van der Waals surface area (Å²) in [6, 6.07) is 0. The maximum atomic E-state index is 13.1. The number of thioether (sulfide) groups is 1. The molecule has 0 spiro atoms. The zero-order valence-corrected chi connectivity index (χ0v) is 17.4. The molecule has 0 aliphatic carbocycles. The van der Waals surface area contributed by atoms with Crippen molar-refractivity contribution in [2.75, 3.05) is 0 Å². The first-order valence-corrected chi connectivity index (χ1v) is 10.6. The summed E-state index contributed by atoms with van der Waals surface area (Å²) in [5.41, 5.74) is 1.10. The molecule has 3 rings (SSSR count). The van der Waals surface area contributed by atoms with Gasteiger partial charge in [0.25, 0.3) is 5.56 Å². The maximum Gasteiger partial charge on any atom is 0.263 e. The van der Waals surface area contributed by atoms with Gasteiger partial charge in [-0.05, 0) is 42.2 Å². The van der Waals surface area contributed by atoms with Gasteiger partial charge in [0.05, 0.1) is 11.1 Å². The average Bonchev–Trinajstić information content (AvgIpc) is 3.13. The third-order valence-corrected chi connectivity index (χ3v) is 6.25. The Morgan fingerprint density at radius 1 is 1.27 bits per heavy atom. The van der Waals surface area contributed by atoms with Crippen LogP contribution in [-0.4, -0.2) is 29.8 Å². The molecule has 0 aromatic carbocycles. The molecule has 0 unspecified atom stereocenters. The van der Waals surface area contributed by atoms with Gasteiger partial charge in [0.15, 0.2) is 11.0 Å². The van der Waals surface area contributed by atoms with Gasteiger partial charge in [-0.1, -0.05) is 32.5 Å². The van der Waals surface area contributed by atoms with Crippen molar-refractivity contribution in [2.45, 2.75) is 65.0 Å². The molecule has 0 aliphatic heterocycles. The van der Waals surface area contributed by atoms with Crippen LogP contribution in [0.15, 0.2) is 9.95 Å². The highest BCUT2D eigenvalue weighted by Gasteiger charge is 2.18. The summed E-state index contributed by atoms with van der Waals surface area (Å²) in [5.74, 6) is 1.75. The normalized spacial score (nSPS) is 11.8. The molecule has 3 aromatic heterocycles. The minimum absolute atomic E-state index is 0.0567. The highest BCUT2D eigenvalue weighted by Crippen LogP contribution is 2.29. The highest BCUT2D eigenvalue weighted by molar-refractivity contribution is 7.98. The fourth-order valence-corrected chi connectivity index (χ4v) is 4.80. The van der Waals surface area contributed by atoms with Gasteiger partial charge < -0.3 is 0 Å². The standard InChI is InChI=1S/C17H24N6OS2/c1-6-7-23-13(19-20-21-23)9-25-17-18-15-14(11(4)12(5)26-15)16(24)22(17)8-10(2)3/h10H,6-9H2,1-5H3. The molecule has 0 aliphatic rings. The average molecular weight is 393 g/mol. The van der Waals surface area contributed by atoms with Crippen LogP contribution in [0.1, 0.15) is 43.5 Å². The lowest BCUT2D eigenvalue weighted by atomic mass is 10.2. The van der Waals surface area contributed by atoms with Crippen LogP contribution in [0.4, 0.5) is 0 Å². The predicted octanol–water partition coefficient (Wildman–Crippen LogP) is 3.42. The minimum Gasteiger partial charge on any atom is -0.287 e. The molecule has 0 bridgehead atoms. The summed E-state index contributed by atoms with van der Waals surface area (Å²) in [7, 11) is 0. The molecule has 0 amide bonds. The molecular weight excluding hydrogens is 368 g/mol. The van der Waals surface area contributed by atoms with Crippen molar-refractivity contribution in [2.24, 2.45) is 5.92 Å². The Bertz CT molecular complexity index is 972. The molecule has 3 heterocycles. The first-order chi connectivity index (χ1) is 12.4. The Labute approximate surface area is 160 Å². The molecule has 0 atom stereocenters. The monoisotopic (exact) mass is 392 g/mol. The number of fused-ring (bicyclic) bond motifs is 1. The van der Waals surface area contributed by atoms with Crippen molar-refractivity contribution in [3.05, 3.63) is 26.6 Å². The predicted molar refractivity (Wildman–Crippen MR) is 106 cm³/mol. The molecule has 0 N–H and O–H groups in total. The van der Waals surface area contributed by atoms with Crippen LogP contribution in [0.3, 0.4) is 0 Å². The van der Waals surface area contributed by atoms with Crippen molar-refractivity contribution in [3.63, 3.8) is 0 Å². The first kappa shape index (κ1) is 19.0. The van der Waals surface area contributed by atoms with Gasteiger partial charge in [-0.25, -0.2) is 9.67 Å². The summed E-state index contributed by atoms with van der Waals surface area (Å²) >= 11 is 3.11. The molecule has 9 heteroatoms. The quantitative estimate of drug-likeness (QED) is 0.453. The SMILES string of the molecule is CCCn1nnnc1CSc1nc2sc(C)c(C)c2c(=O)n1CC(C)C. The van der Waals surface area contributed by atoms with Crippen LogP contribution >= 0.6 is 23.1 Å². The number of hydrogen-bond donors (Lipinski definition) is 0. The first-order valence-electron chi connectivity index (χ1n) is 8.80. The van der Waals surface area contributed by atoms with Gasteiger partial charge in [0.1, 0.15) is 4.83 Å². The molecule has 3 aromatic rings. The summed E-state index contributed by atoms with van der Waals surface area (Å²) in [6.07, 6.45) is 0.971. The molecule has 26 heavy (non-hydrogen) atoms. The second-order valence-corrected chi connectivity index (χ2v) is 8.92. The van der Waals surface area contributed by atoms with Gasteiger partial charge >= 0.3 is 0 Å². The van der Waals surface area contributed by atoms with Gasteiger partial charge in [-0.3, -0.25) is 9.36 Å². The number of aromatic nitrogens is 6. The lowest BCUT2D eigenvalue weighted by Gasteiger charge is -2.14. The van der Waals surface area contributed by atoms with E-state index in [-0.39, 0.29) is 5.56 Å². The van der Waals surface area contributed by atoms with E-state index in [2.05, 4.69) is 36.3 Å². The summed E-state index contributed by atoms with van der Waals surface area (Å²) in [4.78, 5) is 19.9. The van der Waals surface area contributed by atoms with E-state index in [1.165, 1.54) is 11.8 Å². The molecular formula is C17H24N6OS2. The summed E-state index contributed by atoms with van der Waals surface area (Å²) < 4.78 is 3.63. The van der Waals surface area contributed by atoms with Crippen molar-refractivity contribution in [1.82, 2.24) is 29.8 Å².